The number of methoxy groups -OCH3 is 1. The number of nitrogens with two attached hydrogens (primary N) is 1. The van der Waals surface area contributed by atoms with Crippen LogP contribution in [0.15, 0.2) is 47.5 Å². The van der Waals surface area contributed by atoms with Crippen molar-refractivity contribution in [1.82, 2.24) is 0 Å². The summed E-state index contributed by atoms with van der Waals surface area (Å²) in [6.45, 7) is 1.79. The zero-order valence-electron chi connectivity index (χ0n) is 13.6. The van der Waals surface area contributed by atoms with E-state index in [4.69, 9.17) is 19.9 Å². The van der Waals surface area contributed by atoms with E-state index >= 15 is 0 Å². The summed E-state index contributed by atoms with van der Waals surface area (Å²) in [4.78, 5) is 4.35. The van der Waals surface area contributed by atoms with Gasteiger partial charge in [0.1, 0.15) is 5.75 Å². The average molecular weight is 327 g/mol. The van der Waals surface area contributed by atoms with E-state index in [0.717, 1.165) is 34.9 Å². The van der Waals surface area contributed by atoms with Gasteiger partial charge in [0, 0.05) is 18.2 Å². The van der Waals surface area contributed by atoms with Gasteiger partial charge in [-0.05, 0) is 29.8 Å². The number of benzene rings is 2. The van der Waals surface area contributed by atoms with Crippen LogP contribution in [0.5, 0.6) is 17.2 Å². The fraction of sp³-hybridized carbons (Fsp3) is 0.278. The van der Waals surface area contributed by atoms with Crippen LogP contribution in [0.25, 0.3) is 0 Å². The summed E-state index contributed by atoms with van der Waals surface area (Å²) in [5, 5.41) is 3.07. The maximum Gasteiger partial charge on any atom is 0.193 e. The van der Waals surface area contributed by atoms with Gasteiger partial charge in [-0.25, -0.2) is 4.99 Å². The minimum atomic E-state index is 0.340. The maximum absolute atomic E-state index is 5.97. The molecule has 1 aliphatic heterocycles. The van der Waals surface area contributed by atoms with Gasteiger partial charge in [-0.3, -0.25) is 0 Å². The first-order valence-corrected chi connectivity index (χ1v) is 7.84. The zero-order valence-corrected chi connectivity index (χ0v) is 13.6. The number of nitrogens with one attached hydrogen (secondary N) is 1. The smallest absolute Gasteiger partial charge is 0.193 e. The summed E-state index contributed by atoms with van der Waals surface area (Å²) in [7, 11) is 1.64. The van der Waals surface area contributed by atoms with Crippen molar-refractivity contribution >= 4 is 11.6 Å². The molecule has 2 aromatic rings. The van der Waals surface area contributed by atoms with E-state index in [2.05, 4.69) is 10.3 Å². The van der Waals surface area contributed by atoms with Gasteiger partial charge >= 0.3 is 0 Å². The number of fused-ring (bicyclic) bond motifs is 1. The quantitative estimate of drug-likeness (QED) is 0.667. The Bertz CT molecular complexity index is 731. The first-order valence-electron chi connectivity index (χ1n) is 7.84. The van der Waals surface area contributed by atoms with Crippen LogP contribution in [0.2, 0.25) is 0 Å². The fourth-order valence-electron chi connectivity index (χ4n) is 2.38. The molecule has 0 atom stereocenters. The fourth-order valence-corrected chi connectivity index (χ4v) is 2.38. The molecule has 0 unspecified atom stereocenters. The van der Waals surface area contributed by atoms with Crippen LogP contribution in [0.3, 0.4) is 0 Å². The second-order valence-electron chi connectivity index (χ2n) is 5.39. The van der Waals surface area contributed by atoms with Crippen molar-refractivity contribution in [3.05, 3.63) is 48.0 Å². The molecular weight excluding hydrogens is 306 g/mol. The van der Waals surface area contributed by atoms with Gasteiger partial charge in [-0.15, -0.1) is 0 Å². The van der Waals surface area contributed by atoms with Crippen molar-refractivity contribution in [3.63, 3.8) is 0 Å². The third-order valence-corrected chi connectivity index (χ3v) is 3.59. The van der Waals surface area contributed by atoms with Gasteiger partial charge in [-0.1, -0.05) is 12.1 Å². The van der Waals surface area contributed by atoms with Gasteiger partial charge in [0.2, 0.25) is 0 Å². The molecule has 6 nitrogen and oxygen atoms in total. The molecule has 3 N–H and O–H groups in total. The van der Waals surface area contributed by atoms with Crippen molar-refractivity contribution in [2.45, 2.75) is 13.0 Å². The minimum absolute atomic E-state index is 0.340. The Balaban J connectivity index is 1.65. The average Bonchev–Trinajstić information content (AvgIpc) is 2.85. The molecule has 0 aliphatic carbocycles. The summed E-state index contributed by atoms with van der Waals surface area (Å²) >= 11 is 0. The van der Waals surface area contributed by atoms with E-state index in [1.54, 1.807) is 7.11 Å². The minimum Gasteiger partial charge on any atom is -0.497 e. The first kappa shape index (κ1) is 16.0. The molecule has 24 heavy (non-hydrogen) atoms. The number of hydrogen-bond donors (Lipinski definition) is 2. The van der Waals surface area contributed by atoms with Crippen molar-refractivity contribution in [3.8, 4) is 17.2 Å². The lowest BCUT2D eigenvalue weighted by Gasteiger charge is -2.11. The molecule has 1 heterocycles. The Morgan fingerprint density at radius 1 is 1.17 bits per heavy atom. The van der Waals surface area contributed by atoms with E-state index in [1.165, 1.54) is 0 Å². The standard InChI is InChI=1S/C18H21N3O3/c1-22-15-5-2-4-13(10-15)12-20-18(19)21-14-6-7-16-17(11-14)24-9-3-8-23-16/h2,4-7,10-11H,3,8-9,12H2,1H3,(H3,19,20,21). The number of nitrogens with zero attached hydrogens (tertiary/aromatic N) is 1. The molecule has 1 aliphatic rings. The predicted molar refractivity (Wildman–Crippen MR) is 94.0 cm³/mol. The van der Waals surface area contributed by atoms with Crippen LogP contribution in [-0.2, 0) is 6.54 Å². The van der Waals surface area contributed by atoms with Gasteiger partial charge in [0.25, 0.3) is 0 Å². The molecule has 0 saturated carbocycles. The molecule has 0 fully saturated rings. The molecule has 2 aromatic carbocycles. The molecule has 0 radical (unpaired) electrons. The zero-order chi connectivity index (χ0) is 16.8. The summed E-state index contributed by atoms with van der Waals surface area (Å²) < 4.78 is 16.5. The summed E-state index contributed by atoms with van der Waals surface area (Å²) in [6, 6.07) is 13.4. The topological polar surface area (TPSA) is 78.1 Å². The normalized spacial score (nSPS) is 14.0. The number of anilines is 1. The van der Waals surface area contributed by atoms with Crippen LogP contribution < -0.4 is 25.3 Å². The van der Waals surface area contributed by atoms with Crippen LogP contribution in [0.1, 0.15) is 12.0 Å². The molecule has 3 rings (SSSR count). The highest BCUT2D eigenvalue weighted by Gasteiger charge is 2.10. The predicted octanol–water partition coefficient (Wildman–Crippen LogP) is 2.78. The molecular formula is C18H21N3O3. The van der Waals surface area contributed by atoms with Crippen LogP contribution >= 0.6 is 0 Å². The Morgan fingerprint density at radius 3 is 2.83 bits per heavy atom. The molecule has 0 saturated heterocycles. The van der Waals surface area contributed by atoms with Crippen molar-refractivity contribution in [1.29, 1.82) is 0 Å². The number of aliphatic imine (C=N–C) groups is 1. The highest BCUT2D eigenvalue weighted by atomic mass is 16.5. The maximum atomic E-state index is 5.97. The third-order valence-electron chi connectivity index (χ3n) is 3.59. The monoisotopic (exact) mass is 327 g/mol. The third kappa shape index (κ3) is 4.10. The van der Waals surface area contributed by atoms with Gasteiger partial charge < -0.3 is 25.3 Å². The number of ether oxygens (including phenoxy) is 3. The summed E-state index contributed by atoms with van der Waals surface area (Å²) in [5.41, 5.74) is 7.80. The second-order valence-corrected chi connectivity index (χ2v) is 5.39. The lowest BCUT2D eigenvalue weighted by molar-refractivity contribution is 0.297. The van der Waals surface area contributed by atoms with E-state index < -0.39 is 0 Å². The van der Waals surface area contributed by atoms with Crippen LogP contribution in [0.4, 0.5) is 5.69 Å². The number of hydrogen-bond acceptors (Lipinski definition) is 4. The number of rotatable bonds is 4. The summed E-state index contributed by atoms with van der Waals surface area (Å²) in [5.74, 6) is 2.62. The van der Waals surface area contributed by atoms with Gasteiger partial charge in [0.15, 0.2) is 17.5 Å². The highest BCUT2D eigenvalue weighted by molar-refractivity contribution is 5.92. The lowest BCUT2D eigenvalue weighted by atomic mass is 10.2. The van der Waals surface area contributed by atoms with E-state index in [9.17, 15) is 0 Å². The molecule has 0 spiro atoms. The molecule has 6 heteroatoms. The Hall–Kier alpha value is -2.89. The molecule has 0 bridgehead atoms. The molecule has 0 aromatic heterocycles. The van der Waals surface area contributed by atoms with Crippen molar-refractivity contribution in [2.24, 2.45) is 10.7 Å². The van der Waals surface area contributed by atoms with Crippen molar-refractivity contribution < 1.29 is 14.2 Å². The SMILES string of the molecule is COc1cccc(CN=C(N)Nc2ccc3c(c2)OCCCO3)c1. The van der Waals surface area contributed by atoms with Crippen LogP contribution in [-0.4, -0.2) is 26.3 Å². The summed E-state index contributed by atoms with van der Waals surface area (Å²) in [6.07, 6.45) is 0.877. The second kappa shape index (κ2) is 7.59. The van der Waals surface area contributed by atoms with Crippen LogP contribution in [0, 0.1) is 0 Å². The van der Waals surface area contributed by atoms with E-state index in [1.807, 2.05) is 42.5 Å². The molecule has 0 amide bonds. The van der Waals surface area contributed by atoms with Gasteiger partial charge in [-0.2, -0.15) is 0 Å². The Kier molecular flexibility index (Phi) is 5.05. The van der Waals surface area contributed by atoms with E-state index in [0.29, 0.717) is 25.7 Å². The molecule has 126 valence electrons. The van der Waals surface area contributed by atoms with Crippen molar-refractivity contribution in [2.75, 3.05) is 25.6 Å². The largest absolute Gasteiger partial charge is 0.497 e. The van der Waals surface area contributed by atoms with E-state index in [-0.39, 0.29) is 0 Å². The first-order chi connectivity index (χ1) is 11.7. The number of guanidine groups is 1. The van der Waals surface area contributed by atoms with Gasteiger partial charge in [0.05, 0.1) is 26.9 Å². The Morgan fingerprint density at radius 2 is 2.00 bits per heavy atom. The highest BCUT2D eigenvalue weighted by Crippen LogP contribution is 2.32. The lowest BCUT2D eigenvalue weighted by Crippen LogP contribution is -2.22. The Labute approximate surface area is 141 Å².